The van der Waals surface area contributed by atoms with Gasteiger partial charge in [-0.2, -0.15) is 0 Å². The van der Waals surface area contributed by atoms with E-state index in [0.29, 0.717) is 0 Å². The summed E-state index contributed by atoms with van der Waals surface area (Å²) in [6, 6.07) is 21.9. The SMILES string of the molecule is COc1ccc2cc(C[NH+](C)[C@@H](C)C(=O)Nc3ccccc3)ccc2c1. The quantitative estimate of drug-likeness (QED) is 0.719. The largest absolute Gasteiger partial charge is 0.497 e. The van der Waals surface area contributed by atoms with Gasteiger partial charge in [0.25, 0.3) is 5.91 Å². The molecule has 0 saturated heterocycles. The number of ether oxygens (including phenoxy) is 1. The van der Waals surface area contributed by atoms with E-state index in [1.54, 1.807) is 7.11 Å². The molecule has 0 aliphatic rings. The molecule has 4 heteroatoms. The van der Waals surface area contributed by atoms with Crippen LogP contribution < -0.4 is 15.0 Å². The molecule has 0 spiro atoms. The molecule has 0 aliphatic heterocycles. The van der Waals surface area contributed by atoms with E-state index in [1.165, 1.54) is 10.9 Å². The molecular formula is C22H25N2O2+. The van der Waals surface area contributed by atoms with Crippen LogP contribution >= 0.6 is 0 Å². The first-order chi connectivity index (χ1) is 12.6. The highest BCUT2D eigenvalue weighted by Crippen LogP contribution is 2.21. The lowest BCUT2D eigenvalue weighted by Gasteiger charge is -2.21. The van der Waals surface area contributed by atoms with Crippen molar-refractivity contribution in [2.45, 2.75) is 19.5 Å². The van der Waals surface area contributed by atoms with Gasteiger partial charge in [-0.3, -0.25) is 4.79 Å². The van der Waals surface area contributed by atoms with Crippen molar-refractivity contribution in [1.29, 1.82) is 0 Å². The number of hydrogen-bond donors (Lipinski definition) is 2. The Hall–Kier alpha value is -2.85. The summed E-state index contributed by atoms with van der Waals surface area (Å²) in [6.07, 6.45) is 0. The highest BCUT2D eigenvalue weighted by atomic mass is 16.5. The van der Waals surface area contributed by atoms with Crippen LogP contribution in [0.5, 0.6) is 5.75 Å². The monoisotopic (exact) mass is 349 g/mol. The summed E-state index contributed by atoms with van der Waals surface area (Å²) in [5.74, 6) is 0.887. The van der Waals surface area contributed by atoms with Crippen LogP contribution in [-0.4, -0.2) is 26.1 Å². The Morgan fingerprint density at radius 2 is 1.73 bits per heavy atom. The Kier molecular flexibility index (Phi) is 5.54. The van der Waals surface area contributed by atoms with Crippen LogP contribution in [0.25, 0.3) is 10.8 Å². The number of likely N-dealkylation sites (N-methyl/N-ethyl adjacent to an activating group) is 1. The van der Waals surface area contributed by atoms with E-state index >= 15 is 0 Å². The van der Waals surface area contributed by atoms with Crippen LogP contribution in [0.3, 0.4) is 0 Å². The van der Waals surface area contributed by atoms with Gasteiger partial charge in [0.05, 0.1) is 14.2 Å². The van der Waals surface area contributed by atoms with E-state index in [4.69, 9.17) is 4.74 Å². The van der Waals surface area contributed by atoms with Crippen LogP contribution in [0.1, 0.15) is 12.5 Å². The number of quaternary nitrogens is 1. The van der Waals surface area contributed by atoms with Crippen molar-refractivity contribution in [1.82, 2.24) is 0 Å². The molecule has 2 atom stereocenters. The summed E-state index contributed by atoms with van der Waals surface area (Å²) in [5, 5.41) is 5.31. The van der Waals surface area contributed by atoms with E-state index in [2.05, 4.69) is 29.6 Å². The fourth-order valence-electron chi connectivity index (χ4n) is 2.98. The molecule has 3 rings (SSSR count). The highest BCUT2D eigenvalue weighted by Gasteiger charge is 2.22. The number of hydrogen-bond acceptors (Lipinski definition) is 2. The molecule has 3 aromatic rings. The molecule has 4 nitrogen and oxygen atoms in total. The topological polar surface area (TPSA) is 42.8 Å². The molecule has 26 heavy (non-hydrogen) atoms. The zero-order valence-electron chi connectivity index (χ0n) is 15.5. The minimum Gasteiger partial charge on any atom is -0.497 e. The predicted molar refractivity (Wildman–Crippen MR) is 106 cm³/mol. The lowest BCUT2D eigenvalue weighted by Crippen LogP contribution is -3.12. The zero-order chi connectivity index (χ0) is 18.5. The van der Waals surface area contributed by atoms with E-state index in [0.717, 1.165) is 28.3 Å². The average Bonchev–Trinajstić information content (AvgIpc) is 2.67. The first kappa shape index (κ1) is 18.0. The van der Waals surface area contributed by atoms with Crippen LogP contribution in [0.15, 0.2) is 66.7 Å². The molecule has 3 aromatic carbocycles. The molecule has 1 unspecified atom stereocenters. The third-order valence-electron chi connectivity index (χ3n) is 4.77. The summed E-state index contributed by atoms with van der Waals surface area (Å²) in [4.78, 5) is 13.6. The Balaban J connectivity index is 1.67. The minimum atomic E-state index is -0.151. The van der Waals surface area contributed by atoms with Crippen molar-refractivity contribution in [3.63, 3.8) is 0 Å². The Morgan fingerprint density at radius 1 is 1.04 bits per heavy atom. The highest BCUT2D eigenvalue weighted by molar-refractivity contribution is 5.93. The molecule has 0 fully saturated rings. The van der Waals surface area contributed by atoms with Crippen LogP contribution in [0, 0.1) is 0 Å². The number of carbonyl (C=O) groups excluding carboxylic acids is 1. The fraction of sp³-hybridized carbons (Fsp3) is 0.227. The molecule has 0 bridgehead atoms. The van der Waals surface area contributed by atoms with Gasteiger partial charge < -0.3 is 15.0 Å². The van der Waals surface area contributed by atoms with Crippen molar-refractivity contribution < 1.29 is 14.4 Å². The summed E-state index contributed by atoms with van der Waals surface area (Å²) < 4.78 is 5.28. The first-order valence-electron chi connectivity index (χ1n) is 8.82. The van der Waals surface area contributed by atoms with Crippen LogP contribution in [0.2, 0.25) is 0 Å². The maximum atomic E-state index is 12.5. The number of fused-ring (bicyclic) bond motifs is 1. The summed E-state index contributed by atoms with van der Waals surface area (Å²) in [7, 11) is 3.73. The zero-order valence-corrected chi connectivity index (χ0v) is 15.5. The predicted octanol–water partition coefficient (Wildman–Crippen LogP) is 2.89. The smallest absolute Gasteiger partial charge is 0.282 e. The van der Waals surface area contributed by atoms with Crippen molar-refractivity contribution in [2.24, 2.45) is 0 Å². The number of anilines is 1. The van der Waals surface area contributed by atoms with Gasteiger partial charge in [0.2, 0.25) is 0 Å². The fourth-order valence-corrected chi connectivity index (χ4v) is 2.98. The Morgan fingerprint density at radius 3 is 2.46 bits per heavy atom. The van der Waals surface area contributed by atoms with Crippen molar-refractivity contribution in [3.8, 4) is 5.75 Å². The molecule has 0 aromatic heterocycles. The second kappa shape index (κ2) is 8.02. The molecular weight excluding hydrogens is 324 g/mol. The van der Waals surface area contributed by atoms with Gasteiger partial charge in [-0.25, -0.2) is 0 Å². The van der Waals surface area contributed by atoms with Gasteiger partial charge >= 0.3 is 0 Å². The number of carbonyl (C=O) groups is 1. The normalized spacial score (nSPS) is 13.2. The molecule has 134 valence electrons. The standard InChI is InChI=1S/C22H24N2O2/c1-16(22(25)23-20-7-5-4-6-8-20)24(2)15-17-9-10-19-14-21(26-3)12-11-18(19)13-17/h4-14,16H,15H2,1-3H3,(H,23,25)/p+1/t16-/m0/s1. The van der Waals surface area contributed by atoms with Gasteiger partial charge in [0, 0.05) is 11.3 Å². The summed E-state index contributed by atoms with van der Waals surface area (Å²) in [6.45, 7) is 2.74. The van der Waals surface area contributed by atoms with Gasteiger partial charge in [-0.15, -0.1) is 0 Å². The maximum Gasteiger partial charge on any atom is 0.282 e. The number of methoxy groups -OCH3 is 1. The molecule has 0 heterocycles. The van der Waals surface area contributed by atoms with E-state index in [9.17, 15) is 4.79 Å². The molecule has 0 radical (unpaired) electrons. The van der Waals surface area contributed by atoms with Gasteiger partial charge in [-0.1, -0.05) is 36.4 Å². The number of nitrogens with one attached hydrogen (secondary N) is 2. The van der Waals surface area contributed by atoms with Crippen LogP contribution in [0.4, 0.5) is 5.69 Å². The maximum absolute atomic E-state index is 12.5. The first-order valence-corrected chi connectivity index (χ1v) is 8.82. The second-order valence-electron chi connectivity index (χ2n) is 6.65. The van der Waals surface area contributed by atoms with Crippen molar-refractivity contribution >= 4 is 22.4 Å². The van der Waals surface area contributed by atoms with E-state index in [-0.39, 0.29) is 11.9 Å². The summed E-state index contributed by atoms with van der Waals surface area (Å²) >= 11 is 0. The third-order valence-corrected chi connectivity index (χ3v) is 4.77. The van der Waals surface area contributed by atoms with Gasteiger partial charge in [0.1, 0.15) is 12.3 Å². The lowest BCUT2D eigenvalue weighted by atomic mass is 10.1. The number of para-hydroxylation sites is 1. The molecule has 0 saturated carbocycles. The minimum absolute atomic E-state index is 0.0271. The van der Waals surface area contributed by atoms with Gasteiger partial charge in [0.15, 0.2) is 6.04 Å². The van der Waals surface area contributed by atoms with Crippen molar-refractivity contribution in [2.75, 3.05) is 19.5 Å². The number of rotatable bonds is 6. The second-order valence-corrected chi connectivity index (χ2v) is 6.65. The molecule has 1 amide bonds. The molecule has 2 N–H and O–H groups in total. The molecule has 0 aliphatic carbocycles. The lowest BCUT2D eigenvalue weighted by molar-refractivity contribution is -0.907. The Labute approximate surface area is 154 Å². The van der Waals surface area contributed by atoms with Gasteiger partial charge in [-0.05, 0) is 48.0 Å². The number of amides is 1. The van der Waals surface area contributed by atoms with Crippen molar-refractivity contribution in [3.05, 3.63) is 72.3 Å². The third kappa shape index (κ3) is 4.21. The summed E-state index contributed by atoms with van der Waals surface area (Å²) in [5.41, 5.74) is 2.04. The average molecular weight is 349 g/mol. The van der Waals surface area contributed by atoms with E-state index in [1.807, 2.05) is 56.4 Å². The Bertz CT molecular complexity index is 893. The number of benzene rings is 3. The van der Waals surface area contributed by atoms with Crippen LogP contribution in [-0.2, 0) is 11.3 Å². The van der Waals surface area contributed by atoms with E-state index < -0.39 is 0 Å².